The van der Waals surface area contributed by atoms with Gasteiger partial charge in [-0.25, -0.2) is 13.1 Å². The number of nitrogens with one attached hydrogen (secondary N) is 1. The van der Waals surface area contributed by atoms with Crippen molar-refractivity contribution < 1.29 is 8.42 Å². The smallest absolute Gasteiger partial charge is 0.242 e. The fourth-order valence-electron chi connectivity index (χ4n) is 1.26. The molecule has 0 saturated carbocycles. The SMILES string of the molecule is O=S(=O)(NCc1cncs1)c1cc(Br)ccc1Br. The van der Waals surface area contributed by atoms with E-state index in [0.717, 1.165) is 4.88 Å². The van der Waals surface area contributed by atoms with E-state index in [-0.39, 0.29) is 11.4 Å². The molecular weight excluding hydrogens is 404 g/mol. The molecule has 0 aliphatic heterocycles. The Morgan fingerprint density at radius 1 is 1.33 bits per heavy atom. The van der Waals surface area contributed by atoms with E-state index in [1.54, 1.807) is 29.9 Å². The minimum Gasteiger partial charge on any atom is -0.253 e. The van der Waals surface area contributed by atoms with Crippen molar-refractivity contribution in [2.75, 3.05) is 0 Å². The van der Waals surface area contributed by atoms with Crippen molar-refractivity contribution in [3.05, 3.63) is 43.7 Å². The number of hydrogen-bond donors (Lipinski definition) is 1. The highest BCUT2D eigenvalue weighted by Crippen LogP contribution is 2.25. The summed E-state index contributed by atoms with van der Waals surface area (Å²) in [5, 5.41) is 0. The minimum atomic E-state index is -3.54. The highest BCUT2D eigenvalue weighted by atomic mass is 79.9. The van der Waals surface area contributed by atoms with Crippen molar-refractivity contribution in [2.45, 2.75) is 11.4 Å². The predicted octanol–water partition coefficient (Wildman–Crippen LogP) is 3.15. The van der Waals surface area contributed by atoms with Crippen LogP contribution in [0.15, 0.2) is 43.7 Å². The molecule has 1 N–H and O–H groups in total. The van der Waals surface area contributed by atoms with Crippen molar-refractivity contribution in [2.24, 2.45) is 0 Å². The Morgan fingerprint density at radius 3 is 2.78 bits per heavy atom. The second kappa shape index (κ2) is 5.79. The summed E-state index contributed by atoms with van der Waals surface area (Å²) < 4.78 is 28.0. The van der Waals surface area contributed by atoms with Crippen molar-refractivity contribution in [1.29, 1.82) is 0 Å². The fraction of sp³-hybridized carbons (Fsp3) is 0.100. The molecule has 8 heteroatoms. The van der Waals surface area contributed by atoms with Gasteiger partial charge in [-0.3, -0.25) is 4.98 Å². The van der Waals surface area contributed by atoms with Crippen LogP contribution in [0.5, 0.6) is 0 Å². The van der Waals surface area contributed by atoms with Gasteiger partial charge in [0.1, 0.15) is 0 Å². The van der Waals surface area contributed by atoms with E-state index in [2.05, 4.69) is 41.6 Å². The van der Waals surface area contributed by atoms with Gasteiger partial charge in [-0.05, 0) is 34.1 Å². The van der Waals surface area contributed by atoms with Gasteiger partial charge in [0.25, 0.3) is 0 Å². The topological polar surface area (TPSA) is 59.1 Å². The second-order valence-corrected chi connectivity index (χ2v) is 7.84. The third-order valence-electron chi connectivity index (χ3n) is 2.10. The Balaban J connectivity index is 2.22. The van der Waals surface area contributed by atoms with Crippen LogP contribution in [0.4, 0.5) is 0 Å². The minimum absolute atomic E-state index is 0.210. The van der Waals surface area contributed by atoms with E-state index in [1.807, 2.05) is 0 Å². The Morgan fingerprint density at radius 2 is 2.11 bits per heavy atom. The van der Waals surface area contributed by atoms with Gasteiger partial charge in [-0.1, -0.05) is 15.9 Å². The molecule has 0 unspecified atom stereocenters. The summed E-state index contributed by atoms with van der Waals surface area (Å²) in [7, 11) is -3.54. The van der Waals surface area contributed by atoms with E-state index in [1.165, 1.54) is 11.3 Å². The van der Waals surface area contributed by atoms with E-state index in [9.17, 15) is 8.42 Å². The lowest BCUT2D eigenvalue weighted by atomic mass is 10.4. The maximum Gasteiger partial charge on any atom is 0.242 e. The van der Waals surface area contributed by atoms with E-state index in [4.69, 9.17) is 0 Å². The molecule has 0 aliphatic carbocycles. The third kappa shape index (κ3) is 3.39. The number of halogens is 2. The first-order valence-corrected chi connectivity index (χ1v) is 8.76. The summed E-state index contributed by atoms with van der Waals surface area (Å²) in [5.74, 6) is 0. The molecule has 0 radical (unpaired) electrons. The van der Waals surface area contributed by atoms with Crippen LogP contribution in [0.2, 0.25) is 0 Å². The number of rotatable bonds is 4. The summed E-state index contributed by atoms with van der Waals surface area (Å²) >= 11 is 7.90. The standard InChI is InChI=1S/C10H8Br2N2O2S2/c11-7-1-2-9(12)10(3-7)18(15,16)14-5-8-4-13-6-17-8/h1-4,6,14H,5H2. The molecule has 0 fully saturated rings. The van der Waals surface area contributed by atoms with Gasteiger partial charge in [0.2, 0.25) is 10.0 Å². The molecule has 0 spiro atoms. The van der Waals surface area contributed by atoms with Crippen LogP contribution >= 0.6 is 43.2 Å². The molecular formula is C10H8Br2N2O2S2. The highest BCUT2D eigenvalue weighted by Gasteiger charge is 2.17. The van der Waals surface area contributed by atoms with Gasteiger partial charge in [0, 0.05) is 26.6 Å². The normalized spacial score (nSPS) is 11.7. The van der Waals surface area contributed by atoms with Crippen LogP contribution in [0.1, 0.15) is 4.88 Å². The van der Waals surface area contributed by atoms with E-state index >= 15 is 0 Å². The molecule has 0 bridgehead atoms. The average molecular weight is 412 g/mol. The van der Waals surface area contributed by atoms with Crippen LogP contribution in [-0.4, -0.2) is 13.4 Å². The molecule has 1 aromatic carbocycles. The van der Waals surface area contributed by atoms with Gasteiger partial charge < -0.3 is 0 Å². The lowest BCUT2D eigenvalue weighted by Gasteiger charge is -2.07. The number of aromatic nitrogens is 1. The molecule has 2 rings (SSSR count). The highest BCUT2D eigenvalue weighted by molar-refractivity contribution is 9.11. The zero-order chi connectivity index (χ0) is 13.2. The van der Waals surface area contributed by atoms with Gasteiger partial charge in [0.15, 0.2) is 0 Å². The first kappa shape index (κ1) is 14.1. The average Bonchev–Trinajstić information content (AvgIpc) is 2.83. The summed E-state index contributed by atoms with van der Waals surface area (Å²) in [4.78, 5) is 4.97. The van der Waals surface area contributed by atoms with Crippen molar-refractivity contribution in [1.82, 2.24) is 9.71 Å². The largest absolute Gasteiger partial charge is 0.253 e. The molecule has 2 aromatic rings. The van der Waals surface area contributed by atoms with Gasteiger partial charge in [-0.2, -0.15) is 0 Å². The maximum absolute atomic E-state index is 12.1. The molecule has 0 atom stereocenters. The van der Waals surface area contributed by atoms with Crippen LogP contribution in [0, 0.1) is 0 Å². The summed E-state index contributed by atoms with van der Waals surface area (Å²) in [6.07, 6.45) is 1.64. The lowest BCUT2D eigenvalue weighted by molar-refractivity contribution is 0.581. The first-order valence-electron chi connectivity index (χ1n) is 4.81. The Bertz CT molecular complexity index is 642. The molecule has 1 heterocycles. The van der Waals surface area contributed by atoms with E-state index < -0.39 is 10.0 Å². The van der Waals surface area contributed by atoms with Crippen LogP contribution in [0.25, 0.3) is 0 Å². The molecule has 18 heavy (non-hydrogen) atoms. The quantitative estimate of drug-likeness (QED) is 0.840. The van der Waals surface area contributed by atoms with Crippen molar-refractivity contribution in [3.63, 3.8) is 0 Å². The molecule has 96 valence electrons. The molecule has 1 aromatic heterocycles. The zero-order valence-corrected chi connectivity index (χ0v) is 13.7. The molecule has 0 amide bonds. The fourth-order valence-corrected chi connectivity index (χ4v) is 4.39. The monoisotopic (exact) mass is 410 g/mol. The predicted molar refractivity (Wildman–Crippen MR) is 78.0 cm³/mol. The first-order chi connectivity index (χ1) is 8.49. The molecule has 0 aliphatic rings. The summed E-state index contributed by atoms with van der Waals surface area (Å²) in [6, 6.07) is 5.01. The lowest BCUT2D eigenvalue weighted by Crippen LogP contribution is -2.23. The number of sulfonamides is 1. The summed E-state index contributed by atoms with van der Waals surface area (Å²) in [6.45, 7) is 0.242. The van der Waals surface area contributed by atoms with Crippen LogP contribution in [0.3, 0.4) is 0 Å². The summed E-state index contributed by atoms with van der Waals surface area (Å²) in [5.41, 5.74) is 1.67. The number of nitrogens with zero attached hydrogens (tertiary/aromatic N) is 1. The number of hydrogen-bond acceptors (Lipinski definition) is 4. The maximum atomic E-state index is 12.1. The Kier molecular flexibility index (Phi) is 4.54. The number of benzene rings is 1. The van der Waals surface area contributed by atoms with Gasteiger partial charge in [0.05, 0.1) is 10.4 Å². The molecule has 4 nitrogen and oxygen atoms in total. The third-order valence-corrected chi connectivity index (χ3v) is 5.77. The zero-order valence-electron chi connectivity index (χ0n) is 8.93. The second-order valence-electron chi connectivity index (χ2n) is 3.37. The van der Waals surface area contributed by atoms with Crippen molar-refractivity contribution in [3.8, 4) is 0 Å². The molecule has 0 saturated heterocycles. The van der Waals surface area contributed by atoms with Crippen molar-refractivity contribution >= 4 is 53.2 Å². The van der Waals surface area contributed by atoms with Gasteiger partial charge in [-0.15, -0.1) is 11.3 Å². The Labute approximate surface area is 126 Å². The van der Waals surface area contributed by atoms with E-state index in [0.29, 0.717) is 8.95 Å². The van der Waals surface area contributed by atoms with Gasteiger partial charge >= 0.3 is 0 Å². The Hall–Kier alpha value is -0.280. The number of thiazole rings is 1. The van der Waals surface area contributed by atoms with Crippen LogP contribution in [-0.2, 0) is 16.6 Å². The van der Waals surface area contributed by atoms with Crippen LogP contribution < -0.4 is 4.72 Å².